The number of amides is 2. The first kappa shape index (κ1) is 20.2. The molecule has 2 amide bonds. The highest BCUT2D eigenvalue weighted by Crippen LogP contribution is 2.16. The van der Waals surface area contributed by atoms with Crippen LogP contribution in [0.2, 0.25) is 0 Å². The highest BCUT2D eigenvalue weighted by atomic mass is 35.5. The molecule has 6 nitrogen and oxygen atoms in total. The fraction of sp³-hybridized carbons (Fsp3) is 0.467. The Balaban J connectivity index is 0.00000441. The van der Waals surface area contributed by atoms with Gasteiger partial charge in [0.15, 0.2) is 6.61 Å². The van der Waals surface area contributed by atoms with Gasteiger partial charge >= 0.3 is 0 Å². The molecule has 0 spiro atoms. The first-order valence-electron chi connectivity index (χ1n) is 6.97. The van der Waals surface area contributed by atoms with Crippen molar-refractivity contribution < 1.29 is 14.3 Å². The minimum absolute atomic E-state index is 0. The highest BCUT2D eigenvalue weighted by molar-refractivity contribution is 5.94. The van der Waals surface area contributed by atoms with Crippen LogP contribution < -0.4 is 21.1 Å². The number of hydrogen-bond acceptors (Lipinski definition) is 4. The molecule has 0 bridgehead atoms. The summed E-state index contributed by atoms with van der Waals surface area (Å²) in [5, 5.41) is 5.23. The van der Waals surface area contributed by atoms with E-state index in [0.29, 0.717) is 11.4 Å². The van der Waals surface area contributed by atoms with E-state index >= 15 is 0 Å². The van der Waals surface area contributed by atoms with Gasteiger partial charge in [0, 0.05) is 12.7 Å². The van der Waals surface area contributed by atoms with Crippen molar-refractivity contribution in [3.05, 3.63) is 24.3 Å². The number of likely N-dealkylation sites (N-methyl/N-ethyl adjacent to an activating group) is 1. The molecule has 1 rings (SSSR count). The molecule has 0 aliphatic heterocycles. The first-order chi connectivity index (χ1) is 9.97. The van der Waals surface area contributed by atoms with E-state index in [1.807, 2.05) is 13.8 Å². The molecular formula is C15H24ClN3O3. The van der Waals surface area contributed by atoms with E-state index in [0.717, 1.165) is 6.42 Å². The van der Waals surface area contributed by atoms with E-state index in [2.05, 4.69) is 10.6 Å². The molecule has 7 heteroatoms. The Morgan fingerprint density at radius 3 is 2.36 bits per heavy atom. The molecule has 0 radical (unpaired) electrons. The summed E-state index contributed by atoms with van der Waals surface area (Å²) in [4.78, 5) is 23.0. The summed E-state index contributed by atoms with van der Waals surface area (Å²) in [7, 11) is 1.55. The fourth-order valence-electron chi connectivity index (χ4n) is 1.59. The van der Waals surface area contributed by atoms with Gasteiger partial charge in [-0.15, -0.1) is 12.4 Å². The van der Waals surface area contributed by atoms with E-state index in [9.17, 15) is 9.59 Å². The Bertz CT molecular complexity index is 479. The second-order valence-corrected chi connectivity index (χ2v) is 4.89. The smallest absolute Gasteiger partial charge is 0.257 e. The average Bonchev–Trinajstić information content (AvgIpc) is 2.52. The molecule has 0 saturated heterocycles. The van der Waals surface area contributed by atoms with Gasteiger partial charge < -0.3 is 21.1 Å². The standard InChI is InChI=1S/C15H23N3O3.ClH/c1-4-10(2)14(16)15(20)18-11-5-7-12(8-6-11)21-9-13(19)17-3;/h5-8,10,14H,4,9,16H2,1-3H3,(H,17,19)(H,18,20);1H. The van der Waals surface area contributed by atoms with Gasteiger partial charge in [0.25, 0.3) is 5.91 Å². The Morgan fingerprint density at radius 1 is 1.27 bits per heavy atom. The van der Waals surface area contributed by atoms with Crippen LogP contribution in [0.25, 0.3) is 0 Å². The van der Waals surface area contributed by atoms with Gasteiger partial charge in [-0.1, -0.05) is 20.3 Å². The maximum atomic E-state index is 11.9. The van der Waals surface area contributed by atoms with Crippen molar-refractivity contribution in [3.63, 3.8) is 0 Å². The van der Waals surface area contributed by atoms with E-state index in [4.69, 9.17) is 10.5 Å². The van der Waals surface area contributed by atoms with Crippen LogP contribution in [-0.4, -0.2) is 31.5 Å². The summed E-state index contributed by atoms with van der Waals surface area (Å²) in [6.07, 6.45) is 0.848. The third kappa shape index (κ3) is 6.32. The largest absolute Gasteiger partial charge is 0.484 e. The number of hydrogen-bond donors (Lipinski definition) is 3. The van der Waals surface area contributed by atoms with Crippen molar-refractivity contribution in [2.24, 2.45) is 11.7 Å². The number of anilines is 1. The molecule has 0 aromatic heterocycles. The highest BCUT2D eigenvalue weighted by Gasteiger charge is 2.19. The Labute approximate surface area is 137 Å². The van der Waals surface area contributed by atoms with Crippen LogP contribution in [0.1, 0.15) is 20.3 Å². The molecule has 1 aromatic carbocycles. The third-order valence-corrected chi connectivity index (χ3v) is 3.33. The summed E-state index contributed by atoms with van der Waals surface area (Å²) < 4.78 is 5.27. The Hall–Kier alpha value is -1.79. The third-order valence-electron chi connectivity index (χ3n) is 3.33. The lowest BCUT2D eigenvalue weighted by atomic mass is 9.99. The molecule has 0 heterocycles. The van der Waals surface area contributed by atoms with Gasteiger partial charge in [-0.25, -0.2) is 0 Å². The minimum atomic E-state index is -0.529. The van der Waals surface area contributed by atoms with Crippen molar-refractivity contribution in [1.29, 1.82) is 0 Å². The van der Waals surface area contributed by atoms with Crippen LogP contribution in [-0.2, 0) is 9.59 Å². The molecule has 1 aromatic rings. The minimum Gasteiger partial charge on any atom is -0.484 e. The quantitative estimate of drug-likeness (QED) is 0.707. The van der Waals surface area contributed by atoms with Crippen molar-refractivity contribution >= 4 is 29.9 Å². The number of benzene rings is 1. The van der Waals surface area contributed by atoms with Crippen molar-refractivity contribution in [2.45, 2.75) is 26.3 Å². The summed E-state index contributed by atoms with van der Waals surface area (Å²) in [5.74, 6) is 0.276. The second kappa shape index (κ2) is 10.0. The summed E-state index contributed by atoms with van der Waals surface area (Å²) in [5.41, 5.74) is 6.51. The molecule has 0 aliphatic carbocycles. The lowest BCUT2D eigenvalue weighted by Crippen LogP contribution is -2.40. The van der Waals surface area contributed by atoms with Crippen molar-refractivity contribution in [3.8, 4) is 5.75 Å². The average molecular weight is 330 g/mol. The van der Waals surface area contributed by atoms with Crippen LogP contribution in [0.5, 0.6) is 5.75 Å². The molecule has 0 aliphatic rings. The molecular weight excluding hydrogens is 306 g/mol. The molecule has 0 saturated carbocycles. The van der Waals surface area contributed by atoms with Gasteiger partial charge in [0.05, 0.1) is 6.04 Å². The number of carbonyl (C=O) groups excluding carboxylic acids is 2. The summed E-state index contributed by atoms with van der Waals surface area (Å²) >= 11 is 0. The zero-order valence-corrected chi connectivity index (χ0v) is 13.9. The molecule has 2 atom stereocenters. The zero-order valence-electron chi connectivity index (χ0n) is 13.1. The molecule has 0 fully saturated rings. The Morgan fingerprint density at radius 2 is 1.86 bits per heavy atom. The normalized spacial score (nSPS) is 12.5. The van der Waals surface area contributed by atoms with Crippen molar-refractivity contribution in [1.82, 2.24) is 5.32 Å². The summed E-state index contributed by atoms with van der Waals surface area (Å²) in [6, 6.07) is 6.26. The molecule has 4 N–H and O–H groups in total. The Kier molecular flexibility index (Phi) is 9.21. The predicted octanol–water partition coefficient (Wildman–Crippen LogP) is 1.55. The number of nitrogens with one attached hydrogen (secondary N) is 2. The maximum Gasteiger partial charge on any atom is 0.257 e. The lowest BCUT2D eigenvalue weighted by Gasteiger charge is -2.17. The van der Waals surface area contributed by atoms with Crippen LogP contribution >= 0.6 is 12.4 Å². The van der Waals surface area contributed by atoms with Crippen LogP contribution in [0.15, 0.2) is 24.3 Å². The maximum absolute atomic E-state index is 11.9. The van der Waals surface area contributed by atoms with Gasteiger partial charge in [-0.2, -0.15) is 0 Å². The number of ether oxygens (including phenoxy) is 1. The molecule has 124 valence electrons. The SMILES string of the molecule is CCC(C)C(N)C(=O)Nc1ccc(OCC(=O)NC)cc1.Cl. The van der Waals surface area contributed by atoms with E-state index in [1.54, 1.807) is 31.3 Å². The number of carbonyl (C=O) groups is 2. The van der Waals surface area contributed by atoms with Crippen LogP contribution in [0, 0.1) is 5.92 Å². The summed E-state index contributed by atoms with van der Waals surface area (Å²) in [6.45, 7) is 3.90. The van der Waals surface area contributed by atoms with E-state index in [-0.39, 0.29) is 36.7 Å². The topological polar surface area (TPSA) is 93.5 Å². The van der Waals surface area contributed by atoms with Gasteiger partial charge in [0.1, 0.15) is 5.75 Å². The lowest BCUT2D eigenvalue weighted by molar-refractivity contribution is -0.122. The van der Waals surface area contributed by atoms with Crippen molar-refractivity contribution in [2.75, 3.05) is 19.0 Å². The van der Waals surface area contributed by atoms with Crippen LogP contribution in [0.3, 0.4) is 0 Å². The first-order valence-corrected chi connectivity index (χ1v) is 6.97. The van der Waals surface area contributed by atoms with Gasteiger partial charge in [-0.05, 0) is 30.2 Å². The van der Waals surface area contributed by atoms with E-state index < -0.39 is 6.04 Å². The van der Waals surface area contributed by atoms with Crippen LogP contribution in [0.4, 0.5) is 5.69 Å². The second-order valence-electron chi connectivity index (χ2n) is 4.89. The number of halogens is 1. The van der Waals surface area contributed by atoms with Gasteiger partial charge in [-0.3, -0.25) is 9.59 Å². The molecule has 22 heavy (non-hydrogen) atoms. The van der Waals surface area contributed by atoms with E-state index in [1.165, 1.54) is 0 Å². The zero-order chi connectivity index (χ0) is 15.8. The monoisotopic (exact) mass is 329 g/mol. The van der Waals surface area contributed by atoms with Gasteiger partial charge in [0.2, 0.25) is 5.91 Å². The predicted molar refractivity (Wildman–Crippen MR) is 89.3 cm³/mol. The molecule has 2 unspecified atom stereocenters. The number of nitrogens with two attached hydrogens (primary N) is 1. The number of rotatable bonds is 7. The fourth-order valence-corrected chi connectivity index (χ4v) is 1.59.